The van der Waals surface area contributed by atoms with Gasteiger partial charge in [-0.1, -0.05) is 33.1 Å². The van der Waals surface area contributed by atoms with Crippen LogP contribution in [-0.2, 0) is 9.59 Å². The fourth-order valence-corrected chi connectivity index (χ4v) is 1.51. The Hall–Kier alpha value is -0.660. The topological polar surface area (TPSA) is 34.1 Å². The van der Waals surface area contributed by atoms with Gasteiger partial charge in [0.05, 0.1) is 0 Å². The SMILES string of the molecule is CC(C)(CC=O)CCCCCCC=O. The van der Waals surface area contributed by atoms with Crippen molar-refractivity contribution in [3.8, 4) is 0 Å². The molecule has 2 heteroatoms. The molecule has 0 N–H and O–H groups in total. The third-order valence-electron chi connectivity index (χ3n) is 2.56. The Balaban J connectivity index is 3.34. The molecule has 0 aromatic heterocycles. The van der Waals surface area contributed by atoms with Crippen LogP contribution < -0.4 is 0 Å². The highest BCUT2D eigenvalue weighted by Gasteiger charge is 2.15. The van der Waals surface area contributed by atoms with E-state index in [9.17, 15) is 9.59 Å². The Morgan fingerprint density at radius 2 is 1.57 bits per heavy atom. The van der Waals surface area contributed by atoms with Crippen molar-refractivity contribution >= 4 is 12.6 Å². The van der Waals surface area contributed by atoms with Crippen molar-refractivity contribution in [1.82, 2.24) is 0 Å². The molecule has 0 aromatic carbocycles. The summed E-state index contributed by atoms with van der Waals surface area (Å²) >= 11 is 0. The molecule has 2 nitrogen and oxygen atoms in total. The predicted molar refractivity (Wildman–Crippen MR) is 58.2 cm³/mol. The van der Waals surface area contributed by atoms with E-state index in [1.54, 1.807) is 0 Å². The molecule has 0 bridgehead atoms. The summed E-state index contributed by atoms with van der Waals surface area (Å²) in [5.41, 5.74) is 0.159. The summed E-state index contributed by atoms with van der Waals surface area (Å²) in [6.45, 7) is 4.26. The van der Waals surface area contributed by atoms with Crippen LogP contribution in [0.2, 0.25) is 0 Å². The van der Waals surface area contributed by atoms with Gasteiger partial charge in [-0.05, 0) is 18.3 Å². The summed E-state index contributed by atoms with van der Waals surface area (Å²) < 4.78 is 0. The number of rotatable bonds is 9. The first-order valence-electron chi connectivity index (χ1n) is 5.50. The van der Waals surface area contributed by atoms with Gasteiger partial charge in [-0.25, -0.2) is 0 Å². The van der Waals surface area contributed by atoms with E-state index in [1.165, 1.54) is 12.8 Å². The van der Waals surface area contributed by atoms with Crippen LogP contribution in [0.1, 0.15) is 58.8 Å². The Kier molecular flexibility index (Phi) is 7.35. The lowest BCUT2D eigenvalue weighted by molar-refractivity contribution is -0.109. The first-order valence-corrected chi connectivity index (χ1v) is 5.50. The molecule has 0 rings (SSSR count). The molecule has 0 unspecified atom stereocenters. The first-order chi connectivity index (χ1) is 6.62. The zero-order valence-electron chi connectivity index (χ0n) is 9.42. The third kappa shape index (κ3) is 7.96. The second-order valence-electron chi connectivity index (χ2n) is 4.65. The maximum atomic E-state index is 10.4. The molecular formula is C12H22O2. The Labute approximate surface area is 87.1 Å². The van der Waals surface area contributed by atoms with Gasteiger partial charge in [0.2, 0.25) is 0 Å². The normalized spacial score (nSPS) is 11.3. The lowest BCUT2D eigenvalue weighted by Crippen LogP contribution is -2.11. The number of hydrogen-bond donors (Lipinski definition) is 0. The van der Waals surface area contributed by atoms with Gasteiger partial charge in [-0.2, -0.15) is 0 Å². The lowest BCUT2D eigenvalue weighted by Gasteiger charge is -2.21. The highest BCUT2D eigenvalue weighted by molar-refractivity contribution is 5.50. The van der Waals surface area contributed by atoms with Crippen molar-refractivity contribution in [3.05, 3.63) is 0 Å². The number of unbranched alkanes of at least 4 members (excludes halogenated alkanes) is 4. The second kappa shape index (κ2) is 7.72. The van der Waals surface area contributed by atoms with Crippen LogP contribution >= 0.6 is 0 Å². The molecule has 0 heterocycles. The summed E-state index contributed by atoms with van der Waals surface area (Å²) in [4.78, 5) is 20.4. The Morgan fingerprint density at radius 1 is 0.929 bits per heavy atom. The molecule has 0 atom stereocenters. The summed E-state index contributed by atoms with van der Waals surface area (Å²) in [5, 5.41) is 0. The summed E-state index contributed by atoms with van der Waals surface area (Å²) in [6.07, 6.45) is 8.93. The average molecular weight is 198 g/mol. The molecule has 0 saturated heterocycles. The van der Waals surface area contributed by atoms with E-state index < -0.39 is 0 Å². The minimum absolute atomic E-state index is 0.159. The van der Waals surface area contributed by atoms with Crippen LogP contribution in [-0.4, -0.2) is 12.6 Å². The van der Waals surface area contributed by atoms with Gasteiger partial charge in [0.1, 0.15) is 12.6 Å². The van der Waals surface area contributed by atoms with E-state index in [0.29, 0.717) is 12.8 Å². The number of carbonyl (C=O) groups excluding carboxylic acids is 2. The summed E-state index contributed by atoms with van der Waals surface area (Å²) in [7, 11) is 0. The standard InChI is InChI=1S/C12H22O2/c1-12(2,9-11-14)8-6-4-3-5-7-10-13/h10-11H,3-9H2,1-2H3. The zero-order valence-corrected chi connectivity index (χ0v) is 9.42. The maximum Gasteiger partial charge on any atom is 0.120 e. The third-order valence-corrected chi connectivity index (χ3v) is 2.56. The average Bonchev–Trinajstić information content (AvgIpc) is 2.11. The molecule has 0 aliphatic carbocycles. The van der Waals surface area contributed by atoms with Gasteiger partial charge >= 0.3 is 0 Å². The quantitative estimate of drug-likeness (QED) is 0.421. The van der Waals surface area contributed by atoms with Gasteiger partial charge in [0, 0.05) is 12.8 Å². The fraction of sp³-hybridized carbons (Fsp3) is 0.833. The summed E-state index contributed by atoms with van der Waals surface area (Å²) in [5.74, 6) is 0. The van der Waals surface area contributed by atoms with E-state index >= 15 is 0 Å². The monoisotopic (exact) mass is 198 g/mol. The van der Waals surface area contributed by atoms with E-state index in [4.69, 9.17) is 0 Å². The lowest BCUT2D eigenvalue weighted by atomic mass is 9.84. The van der Waals surface area contributed by atoms with Crippen molar-refractivity contribution < 1.29 is 9.59 Å². The van der Waals surface area contributed by atoms with Crippen LogP contribution in [0.4, 0.5) is 0 Å². The smallest absolute Gasteiger partial charge is 0.120 e. The summed E-state index contributed by atoms with van der Waals surface area (Å²) in [6, 6.07) is 0. The maximum absolute atomic E-state index is 10.4. The van der Waals surface area contributed by atoms with Crippen LogP contribution in [0.25, 0.3) is 0 Å². The van der Waals surface area contributed by atoms with Gasteiger partial charge in [0.25, 0.3) is 0 Å². The molecule has 0 aliphatic heterocycles. The van der Waals surface area contributed by atoms with Gasteiger partial charge in [-0.15, -0.1) is 0 Å². The molecule has 0 aromatic rings. The highest BCUT2D eigenvalue weighted by Crippen LogP contribution is 2.26. The van der Waals surface area contributed by atoms with Crippen LogP contribution in [0.5, 0.6) is 0 Å². The predicted octanol–water partition coefficient (Wildman–Crippen LogP) is 3.14. The minimum atomic E-state index is 0.159. The van der Waals surface area contributed by atoms with Crippen molar-refractivity contribution in [2.75, 3.05) is 0 Å². The first kappa shape index (κ1) is 13.3. The number of hydrogen-bond acceptors (Lipinski definition) is 2. The molecule has 0 aliphatic rings. The molecule has 0 radical (unpaired) electrons. The van der Waals surface area contributed by atoms with Crippen LogP contribution in [0, 0.1) is 5.41 Å². The Morgan fingerprint density at radius 3 is 2.14 bits per heavy atom. The van der Waals surface area contributed by atoms with E-state index in [1.807, 2.05) is 0 Å². The van der Waals surface area contributed by atoms with E-state index in [-0.39, 0.29) is 5.41 Å². The van der Waals surface area contributed by atoms with Crippen molar-refractivity contribution in [3.63, 3.8) is 0 Å². The van der Waals surface area contributed by atoms with Crippen LogP contribution in [0.3, 0.4) is 0 Å². The molecule has 0 spiro atoms. The van der Waals surface area contributed by atoms with Crippen molar-refractivity contribution in [2.24, 2.45) is 5.41 Å². The number of carbonyl (C=O) groups is 2. The Bertz CT molecular complexity index is 162. The number of aldehydes is 2. The van der Waals surface area contributed by atoms with Gasteiger partial charge in [0.15, 0.2) is 0 Å². The zero-order chi connectivity index (χ0) is 10.9. The molecule has 0 saturated carbocycles. The van der Waals surface area contributed by atoms with Crippen LogP contribution in [0.15, 0.2) is 0 Å². The van der Waals surface area contributed by atoms with Crippen molar-refractivity contribution in [1.29, 1.82) is 0 Å². The van der Waals surface area contributed by atoms with Gasteiger partial charge in [-0.3, -0.25) is 0 Å². The molecule has 0 fully saturated rings. The molecular weight excluding hydrogens is 176 g/mol. The van der Waals surface area contributed by atoms with Gasteiger partial charge < -0.3 is 9.59 Å². The second-order valence-corrected chi connectivity index (χ2v) is 4.65. The highest BCUT2D eigenvalue weighted by atomic mass is 16.1. The molecule has 14 heavy (non-hydrogen) atoms. The largest absolute Gasteiger partial charge is 0.303 e. The van der Waals surface area contributed by atoms with E-state index in [2.05, 4.69) is 13.8 Å². The fourth-order valence-electron chi connectivity index (χ4n) is 1.51. The molecule has 82 valence electrons. The van der Waals surface area contributed by atoms with E-state index in [0.717, 1.165) is 31.8 Å². The molecule has 0 amide bonds. The van der Waals surface area contributed by atoms with Crippen molar-refractivity contribution in [2.45, 2.75) is 58.8 Å². The minimum Gasteiger partial charge on any atom is -0.303 e.